The number of nitrogens with zero attached hydrogens (tertiary/aromatic N) is 1. The summed E-state index contributed by atoms with van der Waals surface area (Å²) >= 11 is 0. The van der Waals surface area contributed by atoms with Crippen molar-refractivity contribution >= 4 is 23.5 Å². The summed E-state index contributed by atoms with van der Waals surface area (Å²) in [6, 6.07) is 11.9. The molecular formula is C21H24N2O6. The summed E-state index contributed by atoms with van der Waals surface area (Å²) in [5.41, 5.74) is 1.90. The van der Waals surface area contributed by atoms with Crippen molar-refractivity contribution in [3.8, 4) is 11.5 Å². The van der Waals surface area contributed by atoms with Gasteiger partial charge in [0.2, 0.25) is 5.91 Å². The Morgan fingerprint density at radius 3 is 2.10 bits per heavy atom. The zero-order valence-corrected chi connectivity index (χ0v) is 16.9. The minimum atomic E-state index is -0.701. The van der Waals surface area contributed by atoms with Crippen molar-refractivity contribution < 1.29 is 28.6 Å². The number of esters is 1. The molecule has 0 fully saturated rings. The molecule has 0 saturated heterocycles. The van der Waals surface area contributed by atoms with Crippen LogP contribution in [0.3, 0.4) is 0 Å². The van der Waals surface area contributed by atoms with E-state index in [1.165, 1.54) is 38.3 Å². The zero-order chi connectivity index (χ0) is 21.4. The molecular weight excluding hydrogens is 376 g/mol. The van der Waals surface area contributed by atoms with Gasteiger partial charge in [-0.25, -0.2) is 4.79 Å². The van der Waals surface area contributed by atoms with Crippen LogP contribution in [0, 0.1) is 6.92 Å². The fourth-order valence-corrected chi connectivity index (χ4v) is 2.39. The van der Waals surface area contributed by atoms with Gasteiger partial charge in [-0.05, 0) is 31.2 Å². The quantitative estimate of drug-likeness (QED) is 0.683. The summed E-state index contributed by atoms with van der Waals surface area (Å²) in [6.45, 7) is 1.28. The van der Waals surface area contributed by atoms with Crippen LogP contribution in [0.5, 0.6) is 11.5 Å². The third kappa shape index (κ3) is 6.53. The molecule has 0 bridgehead atoms. The fraction of sp³-hybridized carbons (Fsp3) is 0.286. The van der Waals surface area contributed by atoms with Crippen molar-refractivity contribution in [2.45, 2.75) is 6.92 Å². The third-order valence-electron chi connectivity index (χ3n) is 4.06. The van der Waals surface area contributed by atoms with E-state index in [-0.39, 0.29) is 18.0 Å². The molecule has 0 aliphatic carbocycles. The van der Waals surface area contributed by atoms with E-state index < -0.39 is 18.5 Å². The monoisotopic (exact) mass is 400 g/mol. The number of nitrogens with one attached hydrogen (secondary N) is 1. The van der Waals surface area contributed by atoms with Crippen LogP contribution in [0.1, 0.15) is 15.9 Å². The molecule has 8 nitrogen and oxygen atoms in total. The van der Waals surface area contributed by atoms with Gasteiger partial charge >= 0.3 is 5.97 Å². The maximum Gasteiger partial charge on any atom is 0.338 e. The SMILES string of the molecule is COc1cc(OC)cc(C(=O)OCC(=O)N(C)CC(=O)Nc2ccc(C)cc2)c1. The molecule has 0 unspecified atom stereocenters. The molecule has 8 heteroatoms. The molecule has 2 aromatic carbocycles. The van der Waals surface area contributed by atoms with Gasteiger partial charge in [0.15, 0.2) is 6.61 Å². The number of anilines is 1. The van der Waals surface area contributed by atoms with Crippen LogP contribution in [0.4, 0.5) is 5.69 Å². The summed E-state index contributed by atoms with van der Waals surface area (Å²) < 4.78 is 15.3. The predicted molar refractivity (Wildman–Crippen MR) is 107 cm³/mol. The van der Waals surface area contributed by atoms with E-state index in [9.17, 15) is 14.4 Å². The van der Waals surface area contributed by atoms with E-state index in [1.54, 1.807) is 18.2 Å². The number of hydrogen-bond donors (Lipinski definition) is 1. The van der Waals surface area contributed by atoms with E-state index in [2.05, 4.69) is 5.32 Å². The molecule has 0 atom stereocenters. The lowest BCUT2D eigenvalue weighted by Gasteiger charge is -2.17. The second-order valence-corrected chi connectivity index (χ2v) is 6.34. The van der Waals surface area contributed by atoms with Crippen LogP contribution in [0.2, 0.25) is 0 Å². The molecule has 2 rings (SSSR count). The van der Waals surface area contributed by atoms with Gasteiger partial charge in [0.1, 0.15) is 11.5 Å². The number of methoxy groups -OCH3 is 2. The number of benzene rings is 2. The maximum atomic E-state index is 12.2. The van der Waals surface area contributed by atoms with Crippen LogP contribution in [-0.2, 0) is 14.3 Å². The highest BCUT2D eigenvalue weighted by Crippen LogP contribution is 2.23. The first-order chi connectivity index (χ1) is 13.8. The molecule has 0 aliphatic heterocycles. The van der Waals surface area contributed by atoms with Crippen molar-refractivity contribution in [2.24, 2.45) is 0 Å². The molecule has 154 valence electrons. The number of carbonyl (C=O) groups is 3. The largest absolute Gasteiger partial charge is 0.497 e. The van der Waals surface area contributed by atoms with Gasteiger partial charge in [0.25, 0.3) is 5.91 Å². The Morgan fingerprint density at radius 1 is 0.966 bits per heavy atom. The lowest BCUT2D eigenvalue weighted by atomic mass is 10.2. The van der Waals surface area contributed by atoms with E-state index in [1.807, 2.05) is 19.1 Å². The molecule has 0 spiro atoms. The second kappa shape index (κ2) is 10.1. The molecule has 0 radical (unpaired) electrons. The van der Waals surface area contributed by atoms with Crippen LogP contribution < -0.4 is 14.8 Å². The normalized spacial score (nSPS) is 10.1. The smallest absolute Gasteiger partial charge is 0.338 e. The Morgan fingerprint density at radius 2 is 1.55 bits per heavy atom. The average Bonchev–Trinajstić information content (AvgIpc) is 2.72. The van der Waals surface area contributed by atoms with E-state index in [0.29, 0.717) is 17.2 Å². The molecule has 0 heterocycles. The molecule has 0 aromatic heterocycles. The Bertz CT molecular complexity index is 857. The summed E-state index contributed by atoms with van der Waals surface area (Å²) in [6.07, 6.45) is 0. The first-order valence-electron chi connectivity index (χ1n) is 8.83. The second-order valence-electron chi connectivity index (χ2n) is 6.34. The van der Waals surface area contributed by atoms with Crippen LogP contribution in [0.25, 0.3) is 0 Å². The molecule has 1 N–H and O–H groups in total. The van der Waals surface area contributed by atoms with Gasteiger partial charge in [0, 0.05) is 18.8 Å². The maximum absolute atomic E-state index is 12.2. The van der Waals surface area contributed by atoms with Crippen LogP contribution in [0.15, 0.2) is 42.5 Å². The molecule has 2 amide bonds. The number of ether oxygens (including phenoxy) is 3. The van der Waals surface area contributed by atoms with Crippen LogP contribution in [-0.4, -0.2) is 57.1 Å². The number of amides is 2. The summed E-state index contributed by atoms with van der Waals surface area (Å²) in [4.78, 5) is 37.6. The standard InChI is InChI=1S/C21H24N2O6/c1-14-5-7-16(8-6-14)22-19(24)12-23(2)20(25)13-29-21(26)15-9-17(27-3)11-18(10-15)28-4/h5-11H,12-13H2,1-4H3,(H,22,24). The van der Waals surface area contributed by atoms with Crippen molar-refractivity contribution in [1.29, 1.82) is 0 Å². The average molecular weight is 400 g/mol. The number of carbonyl (C=O) groups excluding carboxylic acids is 3. The number of likely N-dealkylation sites (N-methyl/N-ethyl adjacent to an activating group) is 1. The number of hydrogen-bond acceptors (Lipinski definition) is 6. The third-order valence-corrected chi connectivity index (χ3v) is 4.06. The fourth-order valence-electron chi connectivity index (χ4n) is 2.39. The summed E-state index contributed by atoms with van der Waals surface area (Å²) in [5, 5.41) is 2.70. The summed E-state index contributed by atoms with van der Waals surface area (Å²) in [5.74, 6) is -0.714. The Balaban J connectivity index is 1.86. The van der Waals surface area contributed by atoms with Crippen LogP contribution >= 0.6 is 0 Å². The molecule has 0 aliphatic rings. The van der Waals surface area contributed by atoms with Crippen molar-refractivity contribution in [1.82, 2.24) is 4.90 Å². The number of aryl methyl sites for hydroxylation is 1. The highest BCUT2D eigenvalue weighted by atomic mass is 16.5. The minimum Gasteiger partial charge on any atom is -0.497 e. The van der Waals surface area contributed by atoms with E-state index >= 15 is 0 Å². The zero-order valence-electron chi connectivity index (χ0n) is 16.9. The molecule has 2 aromatic rings. The first-order valence-corrected chi connectivity index (χ1v) is 8.83. The lowest BCUT2D eigenvalue weighted by Crippen LogP contribution is -2.37. The number of rotatable bonds is 8. The highest BCUT2D eigenvalue weighted by Gasteiger charge is 2.17. The minimum absolute atomic E-state index is 0.169. The predicted octanol–water partition coefficient (Wildman–Crippen LogP) is 2.27. The molecule has 29 heavy (non-hydrogen) atoms. The van der Waals surface area contributed by atoms with Gasteiger partial charge in [0.05, 0.1) is 26.3 Å². The Labute approximate surface area is 169 Å². The van der Waals surface area contributed by atoms with Crippen molar-refractivity contribution in [2.75, 3.05) is 39.7 Å². The lowest BCUT2D eigenvalue weighted by molar-refractivity contribution is -0.136. The topological polar surface area (TPSA) is 94.2 Å². The van der Waals surface area contributed by atoms with Gasteiger partial charge in [-0.1, -0.05) is 17.7 Å². The van der Waals surface area contributed by atoms with Crippen molar-refractivity contribution in [3.05, 3.63) is 53.6 Å². The first kappa shape index (κ1) is 21.7. The van der Waals surface area contributed by atoms with Gasteiger partial charge in [-0.15, -0.1) is 0 Å². The Hall–Kier alpha value is -3.55. The van der Waals surface area contributed by atoms with Gasteiger partial charge in [-0.2, -0.15) is 0 Å². The molecule has 0 saturated carbocycles. The van der Waals surface area contributed by atoms with E-state index in [4.69, 9.17) is 14.2 Å². The summed E-state index contributed by atoms with van der Waals surface area (Å²) in [7, 11) is 4.38. The van der Waals surface area contributed by atoms with Gasteiger partial charge < -0.3 is 24.4 Å². The van der Waals surface area contributed by atoms with Crippen molar-refractivity contribution in [3.63, 3.8) is 0 Å². The van der Waals surface area contributed by atoms with Gasteiger partial charge in [-0.3, -0.25) is 9.59 Å². The Kier molecular flexibility index (Phi) is 7.59. The van der Waals surface area contributed by atoms with E-state index in [0.717, 1.165) is 5.56 Å². The highest BCUT2D eigenvalue weighted by molar-refractivity contribution is 5.95.